The van der Waals surface area contributed by atoms with Crippen LogP contribution in [-0.4, -0.2) is 25.7 Å². The van der Waals surface area contributed by atoms with E-state index < -0.39 is 0 Å². The van der Waals surface area contributed by atoms with Gasteiger partial charge in [-0.05, 0) is 30.7 Å². The van der Waals surface area contributed by atoms with Crippen LogP contribution in [0.3, 0.4) is 0 Å². The highest BCUT2D eigenvalue weighted by Gasteiger charge is 2.16. The van der Waals surface area contributed by atoms with Crippen LogP contribution in [0.2, 0.25) is 0 Å². The molecule has 0 radical (unpaired) electrons. The molecule has 0 atom stereocenters. The first-order valence-electron chi connectivity index (χ1n) is 9.63. The normalized spacial score (nSPS) is 10.8. The van der Waals surface area contributed by atoms with Crippen LogP contribution >= 0.6 is 23.1 Å². The molecular weight excluding hydrogens is 430 g/mol. The van der Waals surface area contributed by atoms with Gasteiger partial charge in [0.05, 0.1) is 5.69 Å². The number of thioether (sulfide) groups is 1. The quantitative estimate of drug-likeness (QED) is 0.385. The Labute approximate surface area is 188 Å². The summed E-state index contributed by atoms with van der Waals surface area (Å²) in [5.41, 5.74) is 2.91. The Bertz CT molecular complexity index is 1170. The van der Waals surface area contributed by atoms with Gasteiger partial charge in [-0.15, -0.1) is 21.5 Å². The summed E-state index contributed by atoms with van der Waals surface area (Å²) in [7, 11) is 0. The van der Waals surface area contributed by atoms with Gasteiger partial charge in [0.15, 0.2) is 16.1 Å². The molecule has 0 saturated heterocycles. The number of nitrogens with zero attached hydrogens (tertiary/aromatic N) is 4. The highest BCUT2D eigenvalue weighted by atomic mass is 32.2. The van der Waals surface area contributed by atoms with Gasteiger partial charge in [-0.2, -0.15) is 0 Å². The van der Waals surface area contributed by atoms with Crippen molar-refractivity contribution in [1.29, 1.82) is 0 Å². The van der Waals surface area contributed by atoms with Crippen molar-refractivity contribution in [2.24, 2.45) is 0 Å². The molecule has 0 aliphatic rings. The van der Waals surface area contributed by atoms with Crippen LogP contribution in [0.5, 0.6) is 5.75 Å². The molecule has 1 amide bonds. The molecule has 31 heavy (non-hydrogen) atoms. The highest BCUT2D eigenvalue weighted by molar-refractivity contribution is 7.98. The first-order chi connectivity index (χ1) is 15.1. The number of anilines is 1. The number of nitrogens with one attached hydrogen (secondary N) is 1. The smallest absolute Gasteiger partial charge is 0.223 e. The average Bonchev–Trinajstić information content (AvgIpc) is 3.38. The van der Waals surface area contributed by atoms with E-state index in [1.165, 1.54) is 30.0 Å². The van der Waals surface area contributed by atoms with Gasteiger partial charge in [0.1, 0.15) is 12.4 Å². The lowest BCUT2D eigenvalue weighted by molar-refractivity contribution is -0.114. The predicted octanol–water partition coefficient (Wildman–Crippen LogP) is 4.86. The summed E-state index contributed by atoms with van der Waals surface area (Å²) in [5.74, 6) is 2.02. The van der Waals surface area contributed by atoms with Crippen LogP contribution in [0.25, 0.3) is 5.69 Å². The number of hydrogen-bond donors (Lipinski definition) is 1. The molecule has 2 aromatic carbocycles. The lowest BCUT2D eigenvalue weighted by atomic mass is 10.2. The molecule has 0 bridgehead atoms. The summed E-state index contributed by atoms with van der Waals surface area (Å²) in [6.07, 6.45) is 0. The van der Waals surface area contributed by atoms with Crippen LogP contribution in [0, 0.1) is 6.92 Å². The number of carbonyl (C=O) groups is 1. The minimum atomic E-state index is -0.129. The number of para-hydroxylation sites is 2. The summed E-state index contributed by atoms with van der Waals surface area (Å²) in [4.78, 5) is 15.7. The van der Waals surface area contributed by atoms with Crippen LogP contribution in [0.15, 0.2) is 65.1 Å². The molecule has 0 fully saturated rings. The summed E-state index contributed by atoms with van der Waals surface area (Å²) in [5, 5.41) is 14.8. The fourth-order valence-electron chi connectivity index (χ4n) is 2.90. The van der Waals surface area contributed by atoms with Crippen molar-refractivity contribution < 1.29 is 9.53 Å². The lowest BCUT2D eigenvalue weighted by Crippen LogP contribution is -2.07. The van der Waals surface area contributed by atoms with E-state index >= 15 is 0 Å². The Kier molecular flexibility index (Phi) is 6.63. The minimum absolute atomic E-state index is 0.129. The molecule has 0 aliphatic carbocycles. The van der Waals surface area contributed by atoms with E-state index in [2.05, 4.69) is 20.5 Å². The van der Waals surface area contributed by atoms with Gasteiger partial charge in [-0.25, -0.2) is 4.98 Å². The van der Waals surface area contributed by atoms with Crippen LogP contribution in [-0.2, 0) is 17.2 Å². The maximum absolute atomic E-state index is 11.2. The SMILES string of the molecule is CC(=O)Nc1nc(CSc2nnc(COc3ccccc3C)n2-c2ccccc2)cs1. The summed E-state index contributed by atoms with van der Waals surface area (Å²) >= 11 is 2.94. The zero-order valence-corrected chi connectivity index (χ0v) is 18.7. The van der Waals surface area contributed by atoms with Gasteiger partial charge in [0, 0.05) is 23.7 Å². The van der Waals surface area contributed by atoms with Crippen molar-refractivity contribution in [2.45, 2.75) is 31.4 Å². The maximum atomic E-state index is 11.2. The van der Waals surface area contributed by atoms with E-state index in [4.69, 9.17) is 4.74 Å². The van der Waals surface area contributed by atoms with Crippen molar-refractivity contribution in [1.82, 2.24) is 19.7 Å². The standard InChI is InChI=1S/C22H21N5O2S2/c1-15-8-6-7-11-19(15)29-12-20-25-26-22(27(20)18-9-4-3-5-10-18)31-14-17-13-30-21(24-17)23-16(2)28/h3-11,13H,12,14H2,1-2H3,(H,23,24,28). The van der Waals surface area contributed by atoms with Crippen LogP contribution in [0.1, 0.15) is 24.0 Å². The monoisotopic (exact) mass is 451 g/mol. The molecule has 9 heteroatoms. The van der Waals surface area contributed by atoms with Crippen LogP contribution in [0.4, 0.5) is 5.13 Å². The number of hydrogen-bond acceptors (Lipinski definition) is 7. The Morgan fingerprint density at radius 2 is 1.90 bits per heavy atom. The van der Waals surface area contributed by atoms with Gasteiger partial charge >= 0.3 is 0 Å². The summed E-state index contributed by atoms with van der Waals surface area (Å²) < 4.78 is 8.02. The Morgan fingerprint density at radius 1 is 1.13 bits per heavy atom. The van der Waals surface area contributed by atoms with E-state index in [0.29, 0.717) is 23.3 Å². The Balaban J connectivity index is 1.54. The topological polar surface area (TPSA) is 81.9 Å². The first-order valence-corrected chi connectivity index (χ1v) is 11.5. The molecule has 0 saturated carbocycles. The van der Waals surface area contributed by atoms with E-state index in [1.54, 1.807) is 0 Å². The number of carbonyl (C=O) groups excluding carboxylic acids is 1. The number of ether oxygens (including phenoxy) is 1. The van der Waals surface area contributed by atoms with E-state index in [-0.39, 0.29) is 5.91 Å². The first kappa shape index (κ1) is 21.1. The van der Waals surface area contributed by atoms with Crippen molar-refractivity contribution in [3.8, 4) is 11.4 Å². The highest BCUT2D eigenvalue weighted by Crippen LogP contribution is 2.27. The zero-order chi connectivity index (χ0) is 21.6. The van der Waals surface area contributed by atoms with Crippen molar-refractivity contribution in [3.05, 3.63) is 77.1 Å². The molecule has 158 valence electrons. The molecular formula is C22H21N5O2S2. The molecule has 7 nitrogen and oxygen atoms in total. The third-order valence-electron chi connectivity index (χ3n) is 4.35. The molecule has 0 aliphatic heterocycles. The number of aromatic nitrogens is 4. The number of amides is 1. The third kappa shape index (κ3) is 5.31. The minimum Gasteiger partial charge on any atom is -0.485 e. The molecule has 0 unspecified atom stereocenters. The van der Waals surface area contributed by atoms with Crippen LogP contribution < -0.4 is 10.1 Å². The average molecular weight is 452 g/mol. The van der Waals surface area contributed by atoms with Gasteiger partial charge in [0.25, 0.3) is 0 Å². The summed E-state index contributed by atoms with van der Waals surface area (Å²) in [6, 6.07) is 17.9. The Hall–Kier alpha value is -3.17. The number of benzene rings is 2. The second-order valence-electron chi connectivity index (χ2n) is 6.74. The van der Waals surface area contributed by atoms with Crippen molar-refractivity contribution in [3.63, 3.8) is 0 Å². The fourth-order valence-corrected chi connectivity index (χ4v) is 4.63. The third-order valence-corrected chi connectivity index (χ3v) is 6.12. The molecule has 4 rings (SSSR count). The van der Waals surface area contributed by atoms with E-state index in [0.717, 1.165) is 27.9 Å². The van der Waals surface area contributed by atoms with Crippen molar-refractivity contribution in [2.75, 3.05) is 5.32 Å². The number of rotatable bonds is 8. The molecule has 2 aromatic heterocycles. The van der Waals surface area contributed by atoms with Gasteiger partial charge in [-0.1, -0.05) is 48.2 Å². The molecule has 4 aromatic rings. The largest absolute Gasteiger partial charge is 0.485 e. The van der Waals surface area contributed by atoms with E-state index in [9.17, 15) is 4.79 Å². The fraction of sp³-hybridized carbons (Fsp3) is 0.182. The Morgan fingerprint density at radius 3 is 2.68 bits per heavy atom. The lowest BCUT2D eigenvalue weighted by Gasteiger charge is -2.12. The molecule has 0 spiro atoms. The maximum Gasteiger partial charge on any atom is 0.223 e. The molecule has 2 heterocycles. The van der Waals surface area contributed by atoms with Gasteiger partial charge in [0.2, 0.25) is 5.91 Å². The van der Waals surface area contributed by atoms with Crippen molar-refractivity contribution >= 4 is 34.1 Å². The zero-order valence-electron chi connectivity index (χ0n) is 17.1. The van der Waals surface area contributed by atoms with E-state index in [1.807, 2.05) is 71.5 Å². The second kappa shape index (κ2) is 9.76. The summed E-state index contributed by atoms with van der Waals surface area (Å²) in [6.45, 7) is 3.79. The van der Waals surface area contributed by atoms with Gasteiger partial charge in [-0.3, -0.25) is 9.36 Å². The second-order valence-corrected chi connectivity index (χ2v) is 8.54. The molecule has 1 N–H and O–H groups in total. The predicted molar refractivity (Wildman–Crippen MR) is 123 cm³/mol. The number of thiazole rings is 1. The van der Waals surface area contributed by atoms with Gasteiger partial charge < -0.3 is 10.1 Å². The number of aryl methyl sites for hydroxylation is 1.